The van der Waals surface area contributed by atoms with E-state index in [0.717, 1.165) is 64.5 Å². The SMILES string of the molecule is CNC1CCN(C(=O)CCCCCCCC(=O)C(C)C)CC1. The largest absolute Gasteiger partial charge is 0.343 e. The average Bonchev–Trinajstić information content (AvgIpc) is 2.53. The van der Waals surface area contributed by atoms with Gasteiger partial charge in [0.15, 0.2) is 0 Å². The van der Waals surface area contributed by atoms with Gasteiger partial charge in [-0.2, -0.15) is 0 Å². The Labute approximate surface area is 136 Å². The third-order valence-electron chi connectivity index (χ3n) is 4.71. The summed E-state index contributed by atoms with van der Waals surface area (Å²) in [6, 6.07) is 0.581. The van der Waals surface area contributed by atoms with Gasteiger partial charge in [0, 0.05) is 37.9 Å². The summed E-state index contributed by atoms with van der Waals surface area (Å²) < 4.78 is 0. The van der Waals surface area contributed by atoms with Gasteiger partial charge in [0.1, 0.15) is 5.78 Å². The molecule has 1 aliphatic heterocycles. The number of carbonyl (C=O) groups is 2. The number of hydrogen-bond acceptors (Lipinski definition) is 3. The van der Waals surface area contributed by atoms with Crippen molar-refractivity contribution in [2.75, 3.05) is 20.1 Å². The Morgan fingerprint density at radius 2 is 1.55 bits per heavy atom. The fourth-order valence-corrected chi connectivity index (χ4v) is 2.97. The fourth-order valence-electron chi connectivity index (χ4n) is 2.97. The molecule has 1 aliphatic rings. The molecule has 1 amide bonds. The predicted octanol–water partition coefficient (Wildman–Crippen LogP) is 3.15. The Balaban J connectivity index is 1.98. The number of likely N-dealkylation sites (tertiary alicyclic amines) is 1. The van der Waals surface area contributed by atoms with Crippen LogP contribution in [-0.2, 0) is 9.59 Å². The third-order valence-corrected chi connectivity index (χ3v) is 4.71. The van der Waals surface area contributed by atoms with Crippen LogP contribution in [0.25, 0.3) is 0 Å². The Kier molecular flexibility index (Phi) is 9.37. The molecule has 0 aromatic rings. The summed E-state index contributed by atoms with van der Waals surface area (Å²) in [7, 11) is 2.00. The minimum Gasteiger partial charge on any atom is -0.343 e. The number of piperidine rings is 1. The van der Waals surface area contributed by atoms with Gasteiger partial charge >= 0.3 is 0 Å². The normalized spacial score (nSPS) is 16.3. The van der Waals surface area contributed by atoms with E-state index in [9.17, 15) is 9.59 Å². The van der Waals surface area contributed by atoms with Gasteiger partial charge in [-0.3, -0.25) is 9.59 Å². The number of nitrogens with one attached hydrogen (secondary N) is 1. The van der Waals surface area contributed by atoms with Crippen LogP contribution < -0.4 is 5.32 Å². The van der Waals surface area contributed by atoms with Crippen LogP contribution in [0, 0.1) is 5.92 Å². The maximum Gasteiger partial charge on any atom is 0.222 e. The van der Waals surface area contributed by atoms with E-state index >= 15 is 0 Å². The molecule has 22 heavy (non-hydrogen) atoms. The van der Waals surface area contributed by atoms with Gasteiger partial charge in [-0.25, -0.2) is 0 Å². The van der Waals surface area contributed by atoms with Gasteiger partial charge < -0.3 is 10.2 Å². The van der Waals surface area contributed by atoms with E-state index < -0.39 is 0 Å². The van der Waals surface area contributed by atoms with Crippen LogP contribution in [0.1, 0.15) is 71.6 Å². The number of ketones is 1. The van der Waals surface area contributed by atoms with Gasteiger partial charge in [0.05, 0.1) is 0 Å². The second-order valence-electron chi connectivity index (χ2n) is 6.83. The molecule has 0 bridgehead atoms. The molecule has 0 atom stereocenters. The van der Waals surface area contributed by atoms with Gasteiger partial charge in [0.2, 0.25) is 5.91 Å². The van der Waals surface area contributed by atoms with Crippen LogP contribution in [0.5, 0.6) is 0 Å². The number of unbranched alkanes of at least 4 members (excludes halogenated alkanes) is 4. The maximum atomic E-state index is 12.1. The molecule has 1 N–H and O–H groups in total. The number of rotatable bonds is 10. The molecular formula is C18H34N2O2. The van der Waals surface area contributed by atoms with Crippen molar-refractivity contribution in [1.82, 2.24) is 10.2 Å². The first kappa shape index (κ1) is 19.1. The van der Waals surface area contributed by atoms with Crippen molar-refractivity contribution in [1.29, 1.82) is 0 Å². The highest BCUT2D eigenvalue weighted by molar-refractivity contribution is 5.80. The molecule has 0 saturated carbocycles. The predicted molar refractivity (Wildman–Crippen MR) is 90.8 cm³/mol. The average molecular weight is 310 g/mol. The van der Waals surface area contributed by atoms with Crippen molar-refractivity contribution < 1.29 is 9.59 Å². The molecule has 1 saturated heterocycles. The Hall–Kier alpha value is -0.900. The van der Waals surface area contributed by atoms with E-state index in [2.05, 4.69) is 5.32 Å². The summed E-state index contributed by atoms with van der Waals surface area (Å²) in [6.45, 7) is 5.74. The quantitative estimate of drug-likeness (QED) is 0.631. The van der Waals surface area contributed by atoms with Crippen LogP contribution >= 0.6 is 0 Å². The van der Waals surface area contributed by atoms with Gasteiger partial charge in [-0.15, -0.1) is 0 Å². The molecule has 0 aromatic carbocycles. The van der Waals surface area contributed by atoms with E-state index in [4.69, 9.17) is 0 Å². The van der Waals surface area contributed by atoms with Crippen molar-refractivity contribution >= 4 is 11.7 Å². The topological polar surface area (TPSA) is 49.4 Å². The highest BCUT2D eigenvalue weighted by atomic mass is 16.2. The zero-order valence-corrected chi connectivity index (χ0v) is 14.7. The van der Waals surface area contributed by atoms with Crippen molar-refractivity contribution in [3.63, 3.8) is 0 Å². The van der Waals surface area contributed by atoms with Gasteiger partial charge in [-0.05, 0) is 32.7 Å². The first-order valence-electron chi connectivity index (χ1n) is 9.02. The minimum atomic E-state index is 0.171. The van der Waals surface area contributed by atoms with Crippen LogP contribution in [0.3, 0.4) is 0 Å². The molecule has 1 heterocycles. The summed E-state index contributed by atoms with van der Waals surface area (Å²) >= 11 is 0. The molecule has 4 nitrogen and oxygen atoms in total. The molecule has 0 unspecified atom stereocenters. The molecule has 1 rings (SSSR count). The number of carbonyl (C=O) groups excluding carboxylic acids is 2. The monoisotopic (exact) mass is 310 g/mol. The summed E-state index contributed by atoms with van der Waals surface area (Å²) in [5, 5.41) is 3.29. The minimum absolute atomic E-state index is 0.171. The lowest BCUT2D eigenvalue weighted by Gasteiger charge is -2.31. The van der Waals surface area contributed by atoms with Gasteiger partial charge in [-0.1, -0.05) is 33.1 Å². The van der Waals surface area contributed by atoms with Gasteiger partial charge in [0.25, 0.3) is 0 Å². The molecule has 128 valence electrons. The van der Waals surface area contributed by atoms with E-state index in [-0.39, 0.29) is 5.92 Å². The van der Waals surface area contributed by atoms with Crippen molar-refractivity contribution in [2.24, 2.45) is 5.92 Å². The smallest absolute Gasteiger partial charge is 0.222 e. The number of amides is 1. The Morgan fingerprint density at radius 1 is 1.00 bits per heavy atom. The lowest BCUT2D eigenvalue weighted by atomic mass is 10.0. The molecule has 0 aliphatic carbocycles. The highest BCUT2D eigenvalue weighted by Gasteiger charge is 2.20. The zero-order chi connectivity index (χ0) is 16.4. The van der Waals surface area contributed by atoms with Crippen LogP contribution in [0.4, 0.5) is 0 Å². The highest BCUT2D eigenvalue weighted by Crippen LogP contribution is 2.14. The summed E-state index contributed by atoms with van der Waals surface area (Å²) in [6.07, 6.45) is 8.91. The molecule has 0 spiro atoms. The Morgan fingerprint density at radius 3 is 2.09 bits per heavy atom. The molecule has 1 fully saturated rings. The second kappa shape index (κ2) is 10.8. The molecular weight excluding hydrogens is 276 g/mol. The Bertz CT molecular complexity index is 334. The summed E-state index contributed by atoms with van der Waals surface area (Å²) in [4.78, 5) is 25.6. The summed E-state index contributed by atoms with van der Waals surface area (Å²) in [5.41, 5.74) is 0. The molecule has 0 aromatic heterocycles. The lowest BCUT2D eigenvalue weighted by molar-refractivity contribution is -0.132. The summed E-state index contributed by atoms with van der Waals surface area (Å²) in [5.74, 6) is 0.870. The fraction of sp³-hybridized carbons (Fsp3) is 0.889. The zero-order valence-electron chi connectivity index (χ0n) is 14.7. The van der Waals surface area contributed by atoms with Crippen molar-refractivity contribution in [2.45, 2.75) is 77.7 Å². The lowest BCUT2D eigenvalue weighted by Crippen LogP contribution is -2.43. The number of hydrogen-bond donors (Lipinski definition) is 1. The van der Waals surface area contributed by atoms with E-state index in [1.54, 1.807) is 0 Å². The third kappa shape index (κ3) is 7.39. The number of nitrogens with zero attached hydrogens (tertiary/aromatic N) is 1. The first-order chi connectivity index (χ1) is 10.5. The van der Waals surface area contributed by atoms with Crippen LogP contribution in [0.2, 0.25) is 0 Å². The second-order valence-corrected chi connectivity index (χ2v) is 6.83. The molecule has 4 heteroatoms. The molecule has 0 radical (unpaired) electrons. The van der Waals surface area contributed by atoms with Crippen LogP contribution in [0.15, 0.2) is 0 Å². The van der Waals surface area contributed by atoms with E-state index in [1.807, 2.05) is 25.8 Å². The van der Waals surface area contributed by atoms with Crippen molar-refractivity contribution in [3.8, 4) is 0 Å². The maximum absolute atomic E-state index is 12.1. The van der Waals surface area contributed by atoms with Crippen molar-refractivity contribution in [3.05, 3.63) is 0 Å². The number of Topliss-reactive ketones (excluding diaryl/α,β-unsaturated/α-hetero) is 1. The van der Waals surface area contributed by atoms with E-state index in [0.29, 0.717) is 24.2 Å². The first-order valence-corrected chi connectivity index (χ1v) is 9.02. The van der Waals surface area contributed by atoms with E-state index in [1.165, 1.54) is 0 Å². The van der Waals surface area contributed by atoms with Crippen LogP contribution in [-0.4, -0.2) is 42.8 Å². The standard InChI is InChI=1S/C18H34N2O2/c1-15(2)17(21)9-7-5-4-6-8-10-18(22)20-13-11-16(19-3)12-14-20/h15-16,19H,4-14H2,1-3H3.